The first-order valence-corrected chi connectivity index (χ1v) is 5.79. The normalized spacial score (nSPS) is 17.3. The molecule has 88 valence electrons. The van der Waals surface area contributed by atoms with Crippen LogP contribution in [0.5, 0.6) is 0 Å². The van der Waals surface area contributed by atoms with Gasteiger partial charge in [-0.2, -0.15) is 0 Å². The second kappa shape index (κ2) is 6.08. The smallest absolute Gasteiger partial charge is 0.236 e. The number of nitrogens with zero attached hydrogens (tertiary/aromatic N) is 2. The minimum atomic E-state index is 0.176. The van der Waals surface area contributed by atoms with Crippen molar-refractivity contribution in [3.63, 3.8) is 0 Å². The molecule has 0 aromatic carbocycles. The summed E-state index contributed by atoms with van der Waals surface area (Å²) in [5.74, 6) is 0.176. The van der Waals surface area contributed by atoms with Gasteiger partial charge in [-0.15, -0.1) is 0 Å². The van der Waals surface area contributed by atoms with Crippen LogP contribution in [0.15, 0.2) is 0 Å². The molecule has 0 radical (unpaired) electrons. The molecule has 1 rings (SSSR count). The molecule has 0 aromatic rings. The van der Waals surface area contributed by atoms with Crippen molar-refractivity contribution in [2.75, 3.05) is 33.7 Å². The van der Waals surface area contributed by atoms with Gasteiger partial charge in [0.1, 0.15) is 0 Å². The van der Waals surface area contributed by atoms with E-state index in [9.17, 15) is 4.79 Å². The van der Waals surface area contributed by atoms with Crippen molar-refractivity contribution >= 4 is 5.91 Å². The molecule has 0 aromatic heterocycles. The predicted molar refractivity (Wildman–Crippen MR) is 61.6 cm³/mol. The number of nitrogens with two attached hydrogens (primary N) is 1. The molecule has 4 heteroatoms. The predicted octanol–water partition coefficient (Wildman–Crippen LogP) is 0.278. The summed E-state index contributed by atoms with van der Waals surface area (Å²) in [6.45, 7) is 2.00. The van der Waals surface area contributed by atoms with Crippen LogP contribution in [0.25, 0.3) is 0 Å². The number of carbonyl (C=O) groups is 1. The molecule has 0 heterocycles. The molecule has 0 saturated heterocycles. The summed E-state index contributed by atoms with van der Waals surface area (Å²) in [6.07, 6.45) is 5.03. The van der Waals surface area contributed by atoms with Gasteiger partial charge in [0.15, 0.2) is 0 Å². The topological polar surface area (TPSA) is 49.6 Å². The summed E-state index contributed by atoms with van der Waals surface area (Å²) in [5.41, 5.74) is 5.58. The second-order valence-corrected chi connectivity index (χ2v) is 4.49. The fourth-order valence-corrected chi connectivity index (χ4v) is 2.14. The Morgan fingerprint density at radius 1 is 1.33 bits per heavy atom. The van der Waals surface area contributed by atoms with E-state index in [1.54, 1.807) is 19.0 Å². The molecule has 0 bridgehead atoms. The lowest BCUT2D eigenvalue weighted by Crippen LogP contribution is -2.43. The van der Waals surface area contributed by atoms with E-state index in [0.29, 0.717) is 19.1 Å². The summed E-state index contributed by atoms with van der Waals surface area (Å²) < 4.78 is 0. The Hall–Kier alpha value is -0.610. The van der Waals surface area contributed by atoms with Crippen molar-refractivity contribution in [3.8, 4) is 0 Å². The summed E-state index contributed by atoms with van der Waals surface area (Å²) in [6, 6.07) is 0.581. The van der Waals surface area contributed by atoms with Crippen LogP contribution in [0.3, 0.4) is 0 Å². The monoisotopic (exact) mass is 213 g/mol. The molecule has 1 aliphatic carbocycles. The molecule has 1 saturated carbocycles. The Morgan fingerprint density at radius 3 is 2.40 bits per heavy atom. The Morgan fingerprint density at radius 2 is 1.93 bits per heavy atom. The molecule has 0 spiro atoms. The molecule has 1 aliphatic rings. The number of amides is 1. The van der Waals surface area contributed by atoms with Gasteiger partial charge in [0.2, 0.25) is 5.91 Å². The minimum Gasteiger partial charge on any atom is -0.348 e. The van der Waals surface area contributed by atoms with E-state index in [1.807, 2.05) is 0 Å². The largest absolute Gasteiger partial charge is 0.348 e. The van der Waals surface area contributed by atoms with Crippen LogP contribution in [-0.2, 0) is 4.79 Å². The summed E-state index contributed by atoms with van der Waals surface area (Å²) in [5, 5.41) is 0. The standard InChI is InChI=1S/C11H23N3O/c1-13(2)11(15)9-14(8-7-12)10-5-3-4-6-10/h10H,3-9,12H2,1-2H3. The minimum absolute atomic E-state index is 0.176. The van der Waals surface area contributed by atoms with Crippen molar-refractivity contribution in [1.29, 1.82) is 0 Å². The average Bonchev–Trinajstić information content (AvgIpc) is 2.69. The summed E-state index contributed by atoms with van der Waals surface area (Å²) in [4.78, 5) is 15.5. The zero-order valence-electron chi connectivity index (χ0n) is 9.91. The summed E-state index contributed by atoms with van der Waals surface area (Å²) in [7, 11) is 3.61. The number of hydrogen-bond acceptors (Lipinski definition) is 3. The van der Waals surface area contributed by atoms with Crippen LogP contribution in [0.4, 0.5) is 0 Å². The molecule has 2 N–H and O–H groups in total. The first-order chi connectivity index (χ1) is 7.15. The summed E-state index contributed by atoms with van der Waals surface area (Å²) >= 11 is 0. The van der Waals surface area contributed by atoms with Crippen molar-refractivity contribution in [1.82, 2.24) is 9.80 Å². The van der Waals surface area contributed by atoms with Gasteiger partial charge in [0.25, 0.3) is 0 Å². The Bertz CT molecular complexity index is 200. The number of likely N-dealkylation sites (N-methyl/N-ethyl adjacent to an activating group) is 1. The SMILES string of the molecule is CN(C)C(=O)CN(CCN)C1CCCC1. The maximum Gasteiger partial charge on any atom is 0.236 e. The van der Waals surface area contributed by atoms with Crippen molar-refractivity contribution in [2.24, 2.45) is 5.73 Å². The molecule has 0 atom stereocenters. The molecule has 4 nitrogen and oxygen atoms in total. The first-order valence-electron chi connectivity index (χ1n) is 5.79. The molecule has 0 unspecified atom stereocenters. The van der Waals surface area contributed by atoms with Gasteiger partial charge in [-0.05, 0) is 12.8 Å². The maximum atomic E-state index is 11.6. The third-order valence-corrected chi connectivity index (χ3v) is 3.09. The fourth-order valence-electron chi connectivity index (χ4n) is 2.14. The van der Waals surface area contributed by atoms with E-state index in [0.717, 1.165) is 6.54 Å². The fraction of sp³-hybridized carbons (Fsp3) is 0.909. The molecule has 1 amide bonds. The van der Waals surface area contributed by atoms with Gasteiger partial charge in [0.05, 0.1) is 6.54 Å². The van der Waals surface area contributed by atoms with Crippen molar-refractivity contribution in [2.45, 2.75) is 31.7 Å². The van der Waals surface area contributed by atoms with E-state index < -0.39 is 0 Å². The highest BCUT2D eigenvalue weighted by molar-refractivity contribution is 5.77. The highest BCUT2D eigenvalue weighted by Crippen LogP contribution is 2.22. The van der Waals surface area contributed by atoms with E-state index in [-0.39, 0.29) is 5.91 Å². The van der Waals surface area contributed by atoms with Gasteiger partial charge in [-0.1, -0.05) is 12.8 Å². The molecular weight excluding hydrogens is 190 g/mol. The lowest BCUT2D eigenvalue weighted by Gasteiger charge is -2.28. The van der Waals surface area contributed by atoms with E-state index in [4.69, 9.17) is 5.73 Å². The number of hydrogen-bond donors (Lipinski definition) is 1. The highest BCUT2D eigenvalue weighted by atomic mass is 16.2. The van der Waals surface area contributed by atoms with Crippen LogP contribution >= 0.6 is 0 Å². The lowest BCUT2D eigenvalue weighted by atomic mass is 10.2. The van der Waals surface area contributed by atoms with Gasteiger partial charge in [-0.25, -0.2) is 0 Å². The van der Waals surface area contributed by atoms with Crippen LogP contribution in [0.1, 0.15) is 25.7 Å². The maximum absolute atomic E-state index is 11.6. The first kappa shape index (κ1) is 12.5. The molecule has 15 heavy (non-hydrogen) atoms. The lowest BCUT2D eigenvalue weighted by molar-refractivity contribution is -0.130. The van der Waals surface area contributed by atoms with E-state index in [1.165, 1.54) is 25.7 Å². The molecule has 1 fully saturated rings. The van der Waals surface area contributed by atoms with Crippen LogP contribution in [-0.4, -0.2) is 55.5 Å². The average molecular weight is 213 g/mol. The Kier molecular flexibility index (Phi) is 5.05. The number of rotatable bonds is 5. The van der Waals surface area contributed by atoms with Crippen molar-refractivity contribution < 1.29 is 4.79 Å². The third-order valence-electron chi connectivity index (χ3n) is 3.09. The molecular formula is C11H23N3O. The quantitative estimate of drug-likeness (QED) is 0.713. The van der Waals surface area contributed by atoms with Crippen molar-refractivity contribution in [3.05, 3.63) is 0 Å². The third kappa shape index (κ3) is 3.80. The van der Waals surface area contributed by atoms with Gasteiger partial charge < -0.3 is 10.6 Å². The van der Waals surface area contributed by atoms with Crippen LogP contribution < -0.4 is 5.73 Å². The number of carbonyl (C=O) groups excluding carboxylic acids is 1. The Labute approximate surface area is 92.4 Å². The van der Waals surface area contributed by atoms with E-state index >= 15 is 0 Å². The zero-order chi connectivity index (χ0) is 11.3. The van der Waals surface area contributed by atoms with Gasteiger partial charge >= 0.3 is 0 Å². The van der Waals surface area contributed by atoms with Crippen LogP contribution in [0.2, 0.25) is 0 Å². The van der Waals surface area contributed by atoms with E-state index in [2.05, 4.69) is 4.90 Å². The van der Waals surface area contributed by atoms with Gasteiger partial charge in [0, 0.05) is 33.2 Å². The Balaban J connectivity index is 2.45. The second-order valence-electron chi connectivity index (χ2n) is 4.49. The zero-order valence-corrected chi connectivity index (χ0v) is 9.91. The molecule has 0 aliphatic heterocycles. The highest BCUT2D eigenvalue weighted by Gasteiger charge is 2.23. The van der Waals surface area contributed by atoms with Crippen LogP contribution in [0, 0.1) is 0 Å². The van der Waals surface area contributed by atoms with Gasteiger partial charge in [-0.3, -0.25) is 9.69 Å².